The lowest BCUT2D eigenvalue weighted by atomic mass is 10.0. The third-order valence-corrected chi connectivity index (χ3v) is 9.35. The number of rotatable bonds is 8. The average Bonchev–Trinajstić information content (AvgIpc) is 3.25. The minimum Gasteiger partial charge on any atom is -0.365 e. The molecule has 2 aromatic carbocycles. The number of carbonyl (C=O) groups is 3. The molecule has 0 atom stereocenters. The van der Waals surface area contributed by atoms with Crippen LogP contribution in [-0.4, -0.2) is 48.4 Å². The molecule has 0 unspecified atom stereocenters. The van der Waals surface area contributed by atoms with E-state index in [-0.39, 0.29) is 28.5 Å². The Hall–Kier alpha value is -3.54. The summed E-state index contributed by atoms with van der Waals surface area (Å²) < 4.78 is 27.8. The summed E-state index contributed by atoms with van der Waals surface area (Å²) in [6, 6.07) is 15.0. The maximum Gasteiger partial charge on any atom is 0.256 e. The SMILES string of the molecule is CCN(Cc1ccccc1)S(=O)(=O)c1ccc(C(=O)Nc2sc3c(c2C(N)=O)CCN(C(C)=O)C3)cc1. The Morgan fingerprint density at radius 3 is 2.35 bits per heavy atom. The number of sulfonamides is 1. The van der Waals surface area contributed by atoms with Crippen LogP contribution in [0.5, 0.6) is 0 Å². The van der Waals surface area contributed by atoms with Crippen LogP contribution < -0.4 is 11.1 Å². The molecule has 0 radical (unpaired) electrons. The number of hydrogen-bond acceptors (Lipinski definition) is 6. The van der Waals surface area contributed by atoms with E-state index in [2.05, 4.69) is 5.32 Å². The van der Waals surface area contributed by atoms with Gasteiger partial charge in [-0.3, -0.25) is 14.4 Å². The van der Waals surface area contributed by atoms with Gasteiger partial charge < -0.3 is 16.0 Å². The smallest absolute Gasteiger partial charge is 0.256 e. The molecule has 2 heterocycles. The van der Waals surface area contributed by atoms with Crippen LogP contribution in [0.2, 0.25) is 0 Å². The molecule has 194 valence electrons. The summed E-state index contributed by atoms with van der Waals surface area (Å²) in [6.07, 6.45) is 0.475. The van der Waals surface area contributed by atoms with Crippen LogP contribution in [0.1, 0.15) is 50.6 Å². The number of carbonyl (C=O) groups excluding carboxylic acids is 3. The fourth-order valence-electron chi connectivity index (χ4n) is 4.28. The summed E-state index contributed by atoms with van der Waals surface area (Å²) in [4.78, 5) is 39.5. The van der Waals surface area contributed by atoms with Gasteiger partial charge in [0, 0.05) is 37.0 Å². The quantitative estimate of drug-likeness (QED) is 0.453. The summed E-state index contributed by atoms with van der Waals surface area (Å²) in [5.41, 5.74) is 7.74. The van der Waals surface area contributed by atoms with Crippen molar-refractivity contribution in [2.45, 2.75) is 38.3 Å². The summed E-state index contributed by atoms with van der Waals surface area (Å²) in [5, 5.41) is 3.07. The molecule has 0 saturated heterocycles. The van der Waals surface area contributed by atoms with E-state index < -0.39 is 21.8 Å². The number of thiophene rings is 1. The third kappa shape index (κ3) is 5.58. The molecule has 4 rings (SSSR count). The van der Waals surface area contributed by atoms with E-state index in [0.717, 1.165) is 16.0 Å². The molecule has 0 saturated carbocycles. The Labute approximate surface area is 219 Å². The molecule has 3 N–H and O–H groups in total. The number of hydrogen-bond donors (Lipinski definition) is 2. The second-order valence-electron chi connectivity index (χ2n) is 8.66. The monoisotopic (exact) mass is 540 g/mol. The summed E-state index contributed by atoms with van der Waals surface area (Å²) in [5.74, 6) is -1.21. The van der Waals surface area contributed by atoms with E-state index in [1.807, 2.05) is 30.3 Å². The van der Waals surface area contributed by atoms with Crippen molar-refractivity contribution in [3.63, 3.8) is 0 Å². The van der Waals surface area contributed by atoms with Gasteiger partial charge in [-0.1, -0.05) is 37.3 Å². The van der Waals surface area contributed by atoms with Gasteiger partial charge in [0.15, 0.2) is 0 Å². The van der Waals surface area contributed by atoms with Crippen LogP contribution in [0, 0.1) is 0 Å². The largest absolute Gasteiger partial charge is 0.365 e. The van der Waals surface area contributed by atoms with Gasteiger partial charge in [-0.25, -0.2) is 8.42 Å². The van der Waals surface area contributed by atoms with Crippen LogP contribution in [0.15, 0.2) is 59.5 Å². The average molecular weight is 541 g/mol. The zero-order valence-electron chi connectivity index (χ0n) is 20.6. The topological polar surface area (TPSA) is 130 Å². The van der Waals surface area contributed by atoms with Crippen LogP contribution in [0.25, 0.3) is 0 Å². The van der Waals surface area contributed by atoms with Crippen molar-refractivity contribution in [2.75, 3.05) is 18.4 Å². The lowest BCUT2D eigenvalue weighted by Gasteiger charge is -2.25. The Kier molecular flexibility index (Phi) is 7.76. The zero-order valence-corrected chi connectivity index (χ0v) is 22.2. The van der Waals surface area contributed by atoms with E-state index in [4.69, 9.17) is 5.73 Å². The number of amides is 3. The maximum absolute atomic E-state index is 13.2. The lowest BCUT2D eigenvalue weighted by Crippen LogP contribution is -2.34. The fourth-order valence-corrected chi connectivity index (χ4v) is 6.98. The van der Waals surface area contributed by atoms with Crippen molar-refractivity contribution in [1.29, 1.82) is 0 Å². The van der Waals surface area contributed by atoms with E-state index in [9.17, 15) is 22.8 Å². The van der Waals surface area contributed by atoms with Gasteiger partial charge in [-0.15, -0.1) is 11.3 Å². The van der Waals surface area contributed by atoms with Gasteiger partial charge >= 0.3 is 0 Å². The number of anilines is 1. The zero-order chi connectivity index (χ0) is 26.7. The number of nitrogens with one attached hydrogen (secondary N) is 1. The summed E-state index contributed by atoms with van der Waals surface area (Å²) in [6.45, 7) is 4.62. The number of nitrogens with zero attached hydrogens (tertiary/aromatic N) is 2. The highest BCUT2D eigenvalue weighted by atomic mass is 32.2. The Balaban J connectivity index is 1.53. The number of nitrogens with two attached hydrogens (primary N) is 1. The van der Waals surface area contributed by atoms with Crippen molar-refractivity contribution in [1.82, 2.24) is 9.21 Å². The van der Waals surface area contributed by atoms with Crippen LogP contribution in [0.3, 0.4) is 0 Å². The van der Waals surface area contributed by atoms with Crippen LogP contribution in [-0.2, 0) is 34.3 Å². The van der Waals surface area contributed by atoms with E-state index >= 15 is 0 Å². The Bertz CT molecular complexity index is 1430. The molecule has 3 aromatic rings. The predicted octanol–water partition coefficient (Wildman–Crippen LogP) is 3.21. The van der Waals surface area contributed by atoms with Gasteiger partial charge in [-0.05, 0) is 41.8 Å². The number of benzene rings is 2. The van der Waals surface area contributed by atoms with Gasteiger partial charge in [0.25, 0.3) is 11.8 Å². The molecule has 1 aliphatic rings. The highest BCUT2D eigenvalue weighted by Crippen LogP contribution is 2.37. The molecule has 1 aromatic heterocycles. The molecule has 1 aliphatic heterocycles. The lowest BCUT2D eigenvalue weighted by molar-refractivity contribution is -0.129. The van der Waals surface area contributed by atoms with Crippen molar-refractivity contribution in [2.24, 2.45) is 5.73 Å². The van der Waals surface area contributed by atoms with Crippen LogP contribution >= 0.6 is 11.3 Å². The van der Waals surface area contributed by atoms with Gasteiger partial charge in [-0.2, -0.15) is 4.31 Å². The van der Waals surface area contributed by atoms with Gasteiger partial charge in [0.2, 0.25) is 15.9 Å². The first-order valence-electron chi connectivity index (χ1n) is 11.8. The highest BCUT2D eigenvalue weighted by Gasteiger charge is 2.29. The minimum atomic E-state index is -3.77. The molecular weight excluding hydrogens is 512 g/mol. The molecule has 11 heteroatoms. The van der Waals surface area contributed by atoms with Crippen LogP contribution in [0.4, 0.5) is 5.00 Å². The molecule has 9 nitrogen and oxygen atoms in total. The second-order valence-corrected chi connectivity index (χ2v) is 11.7. The van der Waals surface area contributed by atoms with Gasteiger partial charge in [0.05, 0.1) is 17.0 Å². The number of fused-ring (bicyclic) bond motifs is 1. The normalized spacial score (nSPS) is 13.3. The van der Waals surface area contributed by atoms with Gasteiger partial charge in [0.1, 0.15) is 5.00 Å². The van der Waals surface area contributed by atoms with Crippen molar-refractivity contribution >= 4 is 44.1 Å². The molecule has 0 fully saturated rings. The Morgan fingerprint density at radius 2 is 1.76 bits per heavy atom. The predicted molar refractivity (Wildman–Crippen MR) is 142 cm³/mol. The van der Waals surface area contributed by atoms with Crippen molar-refractivity contribution < 1.29 is 22.8 Å². The molecule has 0 spiro atoms. The highest BCUT2D eigenvalue weighted by molar-refractivity contribution is 7.89. The number of primary amides is 1. The standard InChI is InChI=1S/C26H28N4O5S2/c1-3-30(15-18-7-5-4-6-8-18)37(34,35)20-11-9-19(10-12-20)25(33)28-26-23(24(27)32)21-13-14-29(17(2)31)16-22(21)36-26/h4-12H,3,13-16H2,1-2H3,(H2,27,32)(H,28,33). The molecule has 3 amide bonds. The Morgan fingerprint density at radius 1 is 1.08 bits per heavy atom. The van der Waals surface area contributed by atoms with E-state index in [0.29, 0.717) is 31.1 Å². The fraction of sp³-hybridized carbons (Fsp3) is 0.269. The molecule has 0 aliphatic carbocycles. The maximum atomic E-state index is 13.2. The first-order chi connectivity index (χ1) is 17.6. The van der Waals surface area contributed by atoms with Crippen molar-refractivity contribution in [3.05, 3.63) is 81.7 Å². The van der Waals surface area contributed by atoms with Crippen molar-refractivity contribution in [3.8, 4) is 0 Å². The first kappa shape index (κ1) is 26.5. The third-order valence-electron chi connectivity index (χ3n) is 6.28. The minimum absolute atomic E-state index is 0.0642. The molecule has 37 heavy (non-hydrogen) atoms. The molecule has 0 bridgehead atoms. The second kappa shape index (κ2) is 10.8. The molecular formula is C26H28N4O5S2. The van der Waals surface area contributed by atoms with E-state index in [1.54, 1.807) is 11.8 Å². The first-order valence-corrected chi connectivity index (χ1v) is 14.0. The van der Waals surface area contributed by atoms with E-state index in [1.165, 1.54) is 46.8 Å². The summed E-state index contributed by atoms with van der Waals surface area (Å²) in [7, 11) is -3.77. The summed E-state index contributed by atoms with van der Waals surface area (Å²) >= 11 is 1.22.